The van der Waals surface area contributed by atoms with E-state index in [-0.39, 0.29) is 0 Å². The van der Waals surface area contributed by atoms with E-state index in [1.165, 1.54) is 16.7 Å². The Morgan fingerprint density at radius 3 is 1.23 bits per heavy atom. The Kier molecular flexibility index (Phi) is 9.98. The van der Waals surface area contributed by atoms with Crippen LogP contribution >= 0.6 is 0 Å². The van der Waals surface area contributed by atoms with Gasteiger partial charge in [0.05, 0.1) is 0 Å². The highest BCUT2D eigenvalue weighted by Gasteiger charge is 2.11. The Hall–Kier alpha value is -6.06. The summed E-state index contributed by atoms with van der Waals surface area (Å²) in [5, 5.41) is 0. The van der Waals surface area contributed by atoms with Gasteiger partial charge >= 0.3 is 0 Å². The van der Waals surface area contributed by atoms with Crippen molar-refractivity contribution in [3.05, 3.63) is 193 Å². The average molecular weight is 623 g/mol. The molecule has 0 fully saturated rings. The molecule has 3 nitrogen and oxygen atoms in total. The molecule has 48 heavy (non-hydrogen) atoms. The van der Waals surface area contributed by atoms with E-state index in [1.807, 2.05) is 55.6 Å². The van der Waals surface area contributed by atoms with Crippen LogP contribution in [0.1, 0.15) is 28.7 Å². The van der Waals surface area contributed by atoms with Gasteiger partial charge in [0, 0.05) is 37.4 Å². The molecular weight excluding hydrogens is 585 g/mol. The Morgan fingerprint density at radius 1 is 0.438 bits per heavy atom. The molecule has 6 aromatic carbocycles. The van der Waals surface area contributed by atoms with E-state index in [0.717, 1.165) is 50.2 Å². The van der Waals surface area contributed by atoms with Crippen molar-refractivity contribution in [2.75, 3.05) is 14.1 Å². The van der Waals surface area contributed by atoms with Crippen LogP contribution in [0.2, 0.25) is 0 Å². The summed E-state index contributed by atoms with van der Waals surface area (Å²) >= 11 is 0. The van der Waals surface area contributed by atoms with Crippen molar-refractivity contribution < 1.29 is 4.74 Å². The van der Waals surface area contributed by atoms with Crippen LogP contribution in [0.15, 0.2) is 181 Å². The Balaban J connectivity index is 1.07. The van der Waals surface area contributed by atoms with Gasteiger partial charge < -0.3 is 4.74 Å². The molecule has 0 aliphatic carbocycles. The summed E-state index contributed by atoms with van der Waals surface area (Å²) in [7, 11) is 3.57. The molecular formula is C45H38N2O. The van der Waals surface area contributed by atoms with Gasteiger partial charge in [-0.05, 0) is 62.2 Å². The number of hydrogen-bond donors (Lipinski definition) is 0. The molecule has 0 radical (unpaired) electrons. The van der Waals surface area contributed by atoms with Crippen LogP contribution in [0.3, 0.4) is 0 Å². The average Bonchev–Trinajstić information content (AvgIpc) is 3.17. The lowest BCUT2D eigenvalue weighted by molar-refractivity contribution is 0.509. The number of rotatable bonds is 10. The topological polar surface area (TPSA) is 34.0 Å². The fourth-order valence-electron chi connectivity index (χ4n) is 5.69. The zero-order valence-corrected chi connectivity index (χ0v) is 27.4. The summed E-state index contributed by atoms with van der Waals surface area (Å²) in [6.45, 7) is 8.56. The molecule has 6 rings (SSSR count). The van der Waals surface area contributed by atoms with Gasteiger partial charge in [-0.15, -0.1) is 0 Å². The van der Waals surface area contributed by atoms with E-state index in [9.17, 15) is 0 Å². The van der Waals surface area contributed by atoms with Crippen molar-refractivity contribution >= 4 is 22.9 Å². The van der Waals surface area contributed by atoms with Crippen LogP contribution in [-0.4, -0.2) is 25.7 Å². The van der Waals surface area contributed by atoms with E-state index < -0.39 is 0 Å². The second kappa shape index (κ2) is 15.0. The number of ether oxygens (including phenoxy) is 1. The first kappa shape index (κ1) is 31.9. The van der Waals surface area contributed by atoms with Gasteiger partial charge in [0.25, 0.3) is 0 Å². The third-order valence-electron chi connectivity index (χ3n) is 8.47. The predicted octanol–water partition coefficient (Wildman–Crippen LogP) is 11.3. The Morgan fingerprint density at radius 2 is 0.812 bits per heavy atom. The van der Waals surface area contributed by atoms with Gasteiger partial charge in [-0.3, -0.25) is 9.98 Å². The molecule has 0 amide bonds. The molecule has 0 spiro atoms. The minimum Gasteiger partial charge on any atom is -0.439 e. The third kappa shape index (κ3) is 7.49. The van der Waals surface area contributed by atoms with Gasteiger partial charge in [-0.1, -0.05) is 159 Å². The van der Waals surface area contributed by atoms with Crippen LogP contribution in [0.5, 0.6) is 0 Å². The molecule has 0 atom stereocenters. The second-order valence-corrected chi connectivity index (χ2v) is 11.5. The monoisotopic (exact) mass is 622 g/mol. The van der Waals surface area contributed by atoms with Crippen molar-refractivity contribution in [2.24, 2.45) is 9.98 Å². The van der Waals surface area contributed by atoms with Crippen LogP contribution in [0, 0.1) is 0 Å². The van der Waals surface area contributed by atoms with E-state index in [2.05, 4.69) is 132 Å². The van der Waals surface area contributed by atoms with E-state index in [1.54, 1.807) is 7.05 Å². The first-order valence-corrected chi connectivity index (χ1v) is 16.0. The summed E-state index contributed by atoms with van der Waals surface area (Å²) in [6.07, 6.45) is 0.678. The smallest absolute Gasteiger partial charge is 0.221 e. The summed E-state index contributed by atoms with van der Waals surface area (Å²) < 4.78 is 6.14. The first-order chi connectivity index (χ1) is 23.5. The lowest BCUT2D eigenvalue weighted by atomic mass is 9.95. The molecule has 6 aromatic rings. The number of hydrogen-bond acceptors (Lipinski definition) is 3. The van der Waals surface area contributed by atoms with Gasteiger partial charge in [-0.2, -0.15) is 0 Å². The van der Waals surface area contributed by atoms with Gasteiger partial charge in [0.1, 0.15) is 5.76 Å². The molecule has 0 bridgehead atoms. The lowest BCUT2D eigenvalue weighted by Crippen LogP contribution is -2.06. The van der Waals surface area contributed by atoms with Crippen molar-refractivity contribution in [1.29, 1.82) is 0 Å². The van der Waals surface area contributed by atoms with Crippen LogP contribution in [0.4, 0.5) is 0 Å². The molecule has 0 aliphatic rings. The normalized spacial score (nSPS) is 11.6. The highest BCUT2D eigenvalue weighted by atomic mass is 16.5. The van der Waals surface area contributed by atoms with E-state index >= 15 is 0 Å². The van der Waals surface area contributed by atoms with E-state index in [0.29, 0.717) is 18.1 Å². The standard InChI is InChI=1S/C45H38N2O/c1-32(34-15-19-38(20-16-34)36-11-7-5-8-12-36)31-44(46-3)42-27-23-41(24-28-42)40-21-17-35(18-22-40)33(2)48-45(47-4)43-29-25-39(26-30-43)37-13-9-6-10-14-37/h5-30H,1-2,31H2,3-4H3. The van der Waals surface area contributed by atoms with Crippen LogP contribution < -0.4 is 0 Å². The fraction of sp³-hybridized carbons (Fsp3) is 0.0667. The molecule has 0 aromatic heterocycles. The van der Waals surface area contributed by atoms with Crippen molar-refractivity contribution in [3.8, 4) is 33.4 Å². The Bertz CT molecular complexity index is 2060. The zero-order chi connectivity index (χ0) is 33.3. The molecule has 0 aliphatic heterocycles. The molecule has 234 valence electrons. The Labute approximate surface area is 284 Å². The number of benzene rings is 6. The summed E-state index contributed by atoms with van der Waals surface area (Å²) in [6, 6.07) is 54.3. The minimum atomic E-state index is 0.527. The SMILES string of the molecule is C=C(CC(=NC)c1ccc(-c2ccc(C(=C)OC(=NC)c3ccc(-c4ccccc4)cc3)cc2)cc1)c1ccc(-c2ccccc2)cc1. The van der Waals surface area contributed by atoms with Gasteiger partial charge in [0.2, 0.25) is 5.90 Å². The molecule has 0 saturated carbocycles. The third-order valence-corrected chi connectivity index (χ3v) is 8.47. The van der Waals surface area contributed by atoms with Crippen molar-refractivity contribution in [2.45, 2.75) is 6.42 Å². The van der Waals surface area contributed by atoms with Crippen molar-refractivity contribution in [3.63, 3.8) is 0 Å². The molecule has 0 saturated heterocycles. The maximum Gasteiger partial charge on any atom is 0.221 e. The highest BCUT2D eigenvalue weighted by molar-refractivity contribution is 6.06. The molecule has 0 N–H and O–H groups in total. The number of aliphatic imine (C=N–C) groups is 2. The summed E-state index contributed by atoms with van der Waals surface area (Å²) in [5.74, 6) is 1.07. The highest BCUT2D eigenvalue weighted by Crippen LogP contribution is 2.27. The largest absolute Gasteiger partial charge is 0.439 e. The first-order valence-electron chi connectivity index (χ1n) is 16.0. The molecule has 0 unspecified atom stereocenters. The second-order valence-electron chi connectivity index (χ2n) is 11.5. The summed E-state index contributed by atoms with van der Waals surface area (Å²) in [5.41, 5.74) is 13.0. The molecule has 0 heterocycles. The lowest BCUT2D eigenvalue weighted by Gasteiger charge is -2.13. The molecule has 3 heteroatoms. The summed E-state index contributed by atoms with van der Waals surface area (Å²) in [4.78, 5) is 9.00. The number of nitrogens with zero attached hydrogens (tertiary/aromatic N) is 2. The minimum absolute atomic E-state index is 0.527. The maximum atomic E-state index is 6.14. The maximum absolute atomic E-state index is 6.14. The fourth-order valence-corrected chi connectivity index (χ4v) is 5.69. The van der Waals surface area contributed by atoms with Gasteiger partial charge in [-0.25, -0.2) is 0 Å². The van der Waals surface area contributed by atoms with Crippen LogP contribution in [0.25, 0.3) is 44.7 Å². The van der Waals surface area contributed by atoms with Gasteiger partial charge in [0.15, 0.2) is 0 Å². The van der Waals surface area contributed by atoms with Crippen LogP contribution in [-0.2, 0) is 4.74 Å². The number of allylic oxidation sites excluding steroid dienone is 1. The zero-order valence-electron chi connectivity index (χ0n) is 27.4. The van der Waals surface area contributed by atoms with Crippen molar-refractivity contribution in [1.82, 2.24) is 0 Å². The van der Waals surface area contributed by atoms with E-state index in [4.69, 9.17) is 4.74 Å². The predicted molar refractivity (Wildman–Crippen MR) is 204 cm³/mol. The quantitative estimate of drug-likeness (QED) is 0.0850.